The fraction of sp³-hybridized carbons (Fsp3) is 0.286. The first-order valence-electron chi connectivity index (χ1n) is 9.11. The topological polar surface area (TPSA) is 77.4 Å². The van der Waals surface area contributed by atoms with Crippen LogP contribution in [0.25, 0.3) is 0 Å². The third-order valence-electron chi connectivity index (χ3n) is 4.05. The number of hydrogen-bond donors (Lipinski definition) is 0. The summed E-state index contributed by atoms with van der Waals surface area (Å²) in [6.07, 6.45) is 0.668. The number of hydrazone groups is 1. The Morgan fingerprint density at radius 2 is 1.64 bits per heavy atom. The van der Waals surface area contributed by atoms with Crippen molar-refractivity contribution in [1.82, 2.24) is 5.01 Å². The van der Waals surface area contributed by atoms with Crippen LogP contribution in [0.3, 0.4) is 0 Å². The van der Waals surface area contributed by atoms with Gasteiger partial charge in [0.05, 0.1) is 18.9 Å². The number of carbonyl (C=O) groups excluding carboxylic acids is 2. The molecule has 0 fully saturated rings. The lowest BCUT2D eigenvalue weighted by Crippen LogP contribution is -2.29. The van der Waals surface area contributed by atoms with Crippen LogP contribution in [0.4, 0.5) is 0 Å². The smallest absolute Gasteiger partial charge is 0.344 e. The van der Waals surface area contributed by atoms with E-state index in [1.165, 1.54) is 5.01 Å². The van der Waals surface area contributed by atoms with Gasteiger partial charge < -0.3 is 14.2 Å². The molecule has 1 aliphatic heterocycles. The van der Waals surface area contributed by atoms with E-state index in [0.717, 1.165) is 11.3 Å². The lowest BCUT2D eigenvalue weighted by molar-refractivity contribution is -0.153. The zero-order valence-electron chi connectivity index (χ0n) is 15.7. The van der Waals surface area contributed by atoms with E-state index in [4.69, 9.17) is 14.2 Å². The number of hydrogen-bond acceptors (Lipinski definition) is 6. The van der Waals surface area contributed by atoms with Gasteiger partial charge in [-0.2, -0.15) is 5.10 Å². The van der Waals surface area contributed by atoms with Gasteiger partial charge in [0, 0.05) is 6.42 Å². The number of para-hydroxylation sites is 2. The summed E-state index contributed by atoms with van der Waals surface area (Å²) in [6.45, 7) is 2.14. The van der Waals surface area contributed by atoms with E-state index in [9.17, 15) is 9.59 Å². The Bertz CT molecular complexity index is 851. The number of carbonyl (C=O) groups is 2. The predicted octanol–water partition coefficient (Wildman–Crippen LogP) is 2.64. The minimum absolute atomic E-state index is 0.310. The van der Waals surface area contributed by atoms with Gasteiger partial charge in [-0.05, 0) is 24.6 Å². The molecule has 2 aromatic rings. The van der Waals surface area contributed by atoms with Crippen LogP contribution in [-0.4, -0.2) is 49.0 Å². The lowest BCUT2D eigenvalue weighted by Gasteiger charge is -2.13. The van der Waals surface area contributed by atoms with Gasteiger partial charge in [-0.3, -0.25) is 4.79 Å². The fourth-order valence-corrected chi connectivity index (χ4v) is 2.71. The van der Waals surface area contributed by atoms with Crippen molar-refractivity contribution in [3.63, 3.8) is 0 Å². The zero-order valence-corrected chi connectivity index (χ0v) is 15.7. The van der Waals surface area contributed by atoms with Crippen molar-refractivity contribution < 1.29 is 23.8 Å². The number of amides is 1. The molecule has 1 aliphatic rings. The Morgan fingerprint density at radius 1 is 0.964 bits per heavy atom. The summed E-state index contributed by atoms with van der Waals surface area (Å²) in [5.41, 5.74) is 1.83. The summed E-state index contributed by atoms with van der Waals surface area (Å²) in [7, 11) is 0. The second-order valence-electron chi connectivity index (χ2n) is 6.01. The van der Waals surface area contributed by atoms with Crippen LogP contribution in [0.15, 0.2) is 59.7 Å². The molecule has 0 aliphatic carbocycles. The van der Waals surface area contributed by atoms with Gasteiger partial charge in [0.25, 0.3) is 5.91 Å². The minimum atomic E-state index is -0.633. The Balaban J connectivity index is 1.46. The number of nitrogens with zero attached hydrogens (tertiary/aromatic N) is 2. The Kier molecular flexibility index (Phi) is 6.62. The Morgan fingerprint density at radius 3 is 2.36 bits per heavy atom. The van der Waals surface area contributed by atoms with Crippen molar-refractivity contribution in [2.75, 3.05) is 26.4 Å². The van der Waals surface area contributed by atoms with Crippen molar-refractivity contribution in [1.29, 1.82) is 0 Å². The predicted molar refractivity (Wildman–Crippen MR) is 103 cm³/mol. The number of ether oxygens (including phenoxy) is 3. The molecule has 146 valence electrons. The highest BCUT2D eigenvalue weighted by Crippen LogP contribution is 2.26. The zero-order chi connectivity index (χ0) is 19.8. The maximum Gasteiger partial charge on any atom is 0.344 e. The standard InChI is InChI=1S/C21H22N2O5/c1-2-26-18-10-6-7-11-19(18)27-15-21(25)28-14-20(24)23-13-12-17(22-23)16-8-4-3-5-9-16/h3-11H,2,12-15H2,1H3. The molecule has 0 unspecified atom stereocenters. The summed E-state index contributed by atoms with van der Waals surface area (Å²) >= 11 is 0. The van der Waals surface area contributed by atoms with Crippen LogP contribution in [-0.2, 0) is 14.3 Å². The van der Waals surface area contributed by atoms with Crippen molar-refractivity contribution in [2.45, 2.75) is 13.3 Å². The number of rotatable bonds is 8. The molecular formula is C21H22N2O5. The Labute approximate surface area is 163 Å². The summed E-state index contributed by atoms with van der Waals surface area (Å²) in [4.78, 5) is 24.1. The van der Waals surface area contributed by atoms with Gasteiger partial charge in [0.2, 0.25) is 0 Å². The van der Waals surface area contributed by atoms with Gasteiger partial charge in [0.15, 0.2) is 24.7 Å². The molecule has 0 N–H and O–H groups in total. The van der Waals surface area contributed by atoms with Gasteiger partial charge in [-0.1, -0.05) is 42.5 Å². The summed E-state index contributed by atoms with van der Waals surface area (Å²) < 4.78 is 15.9. The third-order valence-corrected chi connectivity index (χ3v) is 4.05. The van der Waals surface area contributed by atoms with Crippen molar-refractivity contribution in [3.05, 3.63) is 60.2 Å². The van der Waals surface area contributed by atoms with Crippen LogP contribution in [0, 0.1) is 0 Å². The molecule has 0 saturated heterocycles. The normalized spacial score (nSPS) is 13.0. The number of benzene rings is 2. The molecule has 2 aromatic carbocycles. The molecule has 0 bridgehead atoms. The van der Waals surface area contributed by atoms with E-state index in [-0.39, 0.29) is 19.1 Å². The molecule has 1 heterocycles. The molecule has 7 heteroatoms. The third kappa shape index (κ3) is 5.09. The first-order chi connectivity index (χ1) is 13.7. The highest BCUT2D eigenvalue weighted by molar-refractivity contribution is 6.02. The van der Waals surface area contributed by atoms with E-state index < -0.39 is 5.97 Å². The summed E-state index contributed by atoms with van der Waals surface area (Å²) in [5, 5.41) is 5.66. The molecule has 0 atom stereocenters. The first kappa shape index (κ1) is 19.4. The monoisotopic (exact) mass is 382 g/mol. The van der Waals surface area contributed by atoms with Crippen LogP contribution in [0.5, 0.6) is 11.5 Å². The van der Waals surface area contributed by atoms with E-state index in [2.05, 4.69) is 5.10 Å². The fourth-order valence-electron chi connectivity index (χ4n) is 2.71. The van der Waals surface area contributed by atoms with Gasteiger partial charge in [-0.25, -0.2) is 9.80 Å². The van der Waals surface area contributed by atoms with Crippen molar-refractivity contribution in [3.8, 4) is 11.5 Å². The van der Waals surface area contributed by atoms with Crippen LogP contribution >= 0.6 is 0 Å². The van der Waals surface area contributed by atoms with Gasteiger partial charge in [0.1, 0.15) is 0 Å². The van der Waals surface area contributed by atoms with Crippen molar-refractivity contribution >= 4 is 17.6 Å². The van der Waals surface area contributed by atoms with E-state index in [1.54, 1.807) is 18.2 Å². The maximum atomic E-state index is 12.2. The molecule has 0 saturated carbocycles. The minimum Gasteiger partial charge on any atom is -0.490 e. The molecule has 1 amide bonds. The average molecular weight is 382 g/mol. The van der Waals surface area contributed by atoms with Crippen LogP contribution in [0.2, 0.25) is 0 Å². The van der Waals surface area contributed by atoms with E-state index >= 15 is 0 Å². The van der Waals surface area contributed by atoms with E-state index in [0.29, 0.717) is 31.1 Å². The van der Waals surface area contributed by atoms with Crippen LogP contribution < -0.4 is 9.47 Å². The average Bonchev–Trinajstić information content (AvgIpc) is 3.23. The molecular weight excluding hydrogens is 360 g/mol. The second-order valence-corrected chi connectivity index (χ2v) is 6.01. The highest BCUT2D eigenvalue weighted by atomic mass is 16.6. The quantitative estimate of drug-likeness (QED) is 0.656. The van der Waals surface area contributed by atoms with Gasteiger partial charge >= 0.3 is 5.97 Å². The number of esters is 1. The molecule has 28 heavy (non-hydrogen) atoms. The summed E-state index contributed by atoms with van der Waals surface area (Å²) in [5.74, 6) is -0.00176. The summed E-state index contributed by atoms with van der Waals surface area (Å²) in [6, 6.07) is 16.7. The lowest BCUT2D eigenvalue weighted by atomic mass is 10.1. The molecule has 3 rings (SSSR count). The molecule has 7 nitrogen and oxygen atoms in total. The van der Waals surface area contributed by atoms with Gasteiger partial charge in [-0.15, -0.1) is 0 Å². The molecule has 0 radical (unpaired) electrons. The highest BCUT2D eigenvalue weighted by Gasteiger charge is 2.22. The first-order valence-corrected chi connectivity index (χ1v) is 9.11. The SMILES string of the molecule is CCOc1ccccc1OCC(=O)OCC(=O)N1CCC(c2ccccc2)=N1. The largest absolute Gasteiger partial charge is 0.490 e. The molecule has 0 aromatic heterocycles. The second kappa shape index (κ2) is 9.55. The Hall–Kier alpha value is -3.35. The molecule has 0 spiro atoms. The van der Waals surface area contributed by atoms with Crippen LogP contribution in [0.1, 0.15) is 18.9 Å². The van der Waals surface area contributed by atoms with E-state index in [1.807, 2.05) is 43.3 Å². The maximum absolute atomic E-state index is 12.2. The van der Waals surface area contributed by atoms with Crippen molar-refractivity contribution in [2.24, 2.45) is 5.10 Å².